The summed E-state index contributed by atoms with van der Waals surface area (Å²) in [7, 11) is 1.95. The molecule has 0 unspecified atom stereocenters. The average molecular weight is 422 g/mol. The summed E-state index contributed by atoms with van der Waals surface area (Å²) < 4.78 is 1.96. The monoisotopic (exact) mass is 421 g/mol. The summed E-state index contributed by atoms with van der Waals surface area (Å²) in [5.74, 6) is 1.35. The van der Waals surface area contributed by atoms with E-state index in [0.717, 1.165) is 42.7 Å². The minimum atomic E-state index is 0.156. The first kappa shape index (κ1) is 20.5. The second kappa shape index (κ2) is 8.92. The van der Waals surface area contributed by atoms with Crippen LogP contribution in [0.25, 0.3) is 11.4 Å². The number of hydrogen-bond donors (Lipinski definition) is 0. The van der Waals surface area contributed by atoms with Crippen molar-refractivity contribution in [1.82, 2.24) is 19.7 Å². The molecule has 1 aliphatic rings. The molecular weight excluding hydrogens is 394 g/mol. The highest BCUT2D eigenvalue weighted by Gasteiger charge is 2.22. The first-order valence-corrected chi connectivity index (χ1v) is 11.2. The molecule has 3 aromatic rings. The largest absolute Gasteiger partial charge is 0.368 e. The van der Waals surface area contributed by atoms with Gasteiger partial charge in [0.25, 0.3) is 0 Å². The van der Waals surface area contributed by atoms with E-state index in [0.29, 0.717) is 5.75 Å². The van der Waals surface area contributed by atoms with Crippen LogP contribution in [0.15, 0.2) is 53.7 Å². The summed E-state index contributed by atoms with van der Waals surface area (Å²) >= 11 is 1.45. The highest BCUT2D eigenvalue weighted by molar-refractivity contribution is 7.99. The zero-order chi connectivity index (χ0) is 21.1. The fraction of sp³-hybridized carbons (Fsp3) is 0.348. The molecule has 0 saturated carbocycles. The molecule has 0 bridgehead atoms. The van der Waals surface area contributed by atoms with Gasteiger partial charge in [0.15, 0.2) is 11.0 Å². The maximum atomic E-state index is 12.7. The molecule has 2 heterocycles. The summed E-state index contributed by atoms with van der Waals surface area (Å²) in [6.07, 6.45) is 0. The van der Waals surface area contributed by atoms with Crippen LogP contribution in [0.3, 0.4) is 0 Å². The van der Waals surface area contributed by atoms with Crippen LogP contribution in [0.5, 0.6) is 0 Å². The molecule has 0 aliphatic carbocycles. The summed E-state index contributed by atoms with van der Waals surface area (Å²) in [6, 6.07) is 16.8. The van der Waals surface area contributed by atoms with E-state index < -0.39 is 0 Å². The number of anilines is 1. The highest BCUT2D eigenvalue weighted by Crippen LogP contribution is 2.24. The molecule has 1 aromatic heterocycles. The third kappa shape index (κ3) is 4.51. The average Bonchev–Trinajstić information content (AvgIpc) is 3.13. The van der Waals surface area contributed by atoms with Crippen molar-refractivity contribution < 1.29 is 4.79 Å². The Morgan fingerprint density at radius 1 is 0.967 bits per heavy atom. The van der Waals surface area contributed by atoms with Crippen molar-refractivity contribution >= 4 is 23.4 Å². The topological polar surface area (TPSA) is 54.3 Å². The van der Waals surface area contributed by atoms with Crippen LogP contribution in [0.2, 0.25) is 0 Å². The summed E-state index contributed by atoms with van der Waals surface area (Å²) in [6.45, 7) is 7.40. The number of aryl methyl sites for hydroxylation is 2. The Labute approximate surface area is 181 Å². The molecule has 2 aromatic carbocycles. The number of nitrogens with zero attached hydrogens (tertiary/aromatic N) is 5. The number of thioether (sulfide) groups is 1. The molecule has 4 rings (SSSR count). The van der Waals surface area contributed by atoms with Gasteiger partial charge in [-0.2, -0.15) is 0 Å². The predicted octanol–water partition coefficient (Wildman–Crippen LogP) is 3.54. The van der Waals surface area contributed by atoms with Gasteiger partial charge in [-0.1, -0.05) is 53.7 Å². The number of hydrogen-bond acceptors (Lipinski definition) is 5. The molecule has 6 nitrogen and oxygen atoms in total. The van der Waals surface area contributed by atoms with Gasteiger partial charge < -0.3 is 14.4 Å². The Bertz CT molecular complexity index is 1020. The third-order valence-electron chi connectivity index (χ3n) is 5.47. The number of rotatable bonds is 5. The first-order chi connectivity index (χ1) is 14.5. The molecular formula is C23H27N5OS. The van der Waals surface area contributed by atoms with E-state index in [4.69, 9.17) is 0 Å². The van der Waals surface area contributed by atoms with Crippen LogP contribution in [-0.2, 0) is 11.8 Å². The van der Waals surface area contributed by atoms with E-state index in [1.807, 2.05) is 28.6 Å². The standard InChI is InChI=1S/C23H27N5OS/c1-17-7-9-19(10-8-17)22-24-25-23(26(22)3)30-16-21(29)28-13-11-27(12-14-28)20-6-4-5-18(2)15-20/h4-10,15H,11-14,16H2,1-3H3. The predicted molar refractivity (Wildman–Crippen MR) is 122 cm³/mol. The number of carbonyl (C=O) groups excluding carboxylic acids is 1. The molecule has 7 heteroatoms. The number of amides is 1. The lowest BCUT2D eigenvalue weighted by molar-refractivity contribution is -0.128. The molecule has 0 radical (unpaired) electrons. The van der Waals surface area contributed by atoms with Gasteiger partial charge >= 0.3 is 0 Å². The Kier molecular flexibility index (Phi) is 6.08. The number of benzene rings is 2. The Balaban J connectivity index is 1.32. The quantitative estimate of drug-likeness (QED) is 0.590. The van der Waals surface area contributed by atoms with Gasteiger partial charge in [-0.25, -0.2) is 0 Å². The van der Waals surface area contributed by atoms with Gasteiger partial charge in [0.1, 0.15) is 0 Å². The maximum Gasteiger partial charge on any atom is 0.233 e. The zero-order valence-corrected chi connectivity index (χ0v) is 18.5. The Hall–Kier alpha value is -2.80. The molecule has 156 valence electrons. The molecule has 0 spiro atoms. The lowest BCUT2D eigenvalue weighted by Crippen LogP contribution is -2.49. The number of aromatic nitrogens is 3. The second-order valence-corrected chi connectivity index (χ2v) is 8.67. The van der Waals surface area contributed by atoms with E-state index in [1.165, 1.54) is 28.6 Å². The van der Waals surface area contributed by atoms with Crippen LogP contribution >= 0.6 is 11.8 Å². The van der Waals surface area contributed by atoms with E-state index in [2.05, 4.69) is 65.3 Å². The number of carbonyl (C=O) groups is 1. The van der Waals surface area contributed by atoms with Crippen molar-refractivity contribution in [2.24, 2.45) is 7.05 Å². The van der Waals surface area contributed by atoms with Gasteiger partial charge in [-0.3, -0.25) is 4.79 Å². The van der Waals surface area contributed by atoms with E-state index in [1.54, 1.807) is 0 Å². The smallest absolute Gasteiger partial charge is 0.233 e. The van der Waals surface area contributed by atoms with E-state index in [-0.39, 0.29) is 5.91 Å². The van der Waals surface area contributed by atoms with Crippen LogP contribution in [-0.4, -0.2) is 57.5 Å². The van der Waals surface area contributed by atoms with Crippen molar-refractivity contribution in [1.29, 1.82) is 0 Å². The van der Waals surface area contributed by atoms with Gasteiger partial charge in [0, 0.05) is 44.5 Å². The minimum absolute atomic E-state index is 0.156. The van der Waals surface area contributed by atoms with Gasteiger partial charge in [0.05, 0.1) is 5.75 Å². The van der Waals surface area contributed by atoms with E-state index >= 15 is 0 Å². The molecule has 0 N–H and O–H groups in total. The molecule has 0 atom stereocenters. The highest BCUT2D eigenvalue weighted by atomic mass is 32.2. The molecule has 1 amide bonds. The normalized spacial score (nSPS) is 14.2. The molecule has 1 saturated heterocycles. The van der Waals surface area contributed by atoms with Crippen LogP contribution in [0, 0.1) is 13.8 Å². The van der Waals surface area contributed by atoms with Gasteiger partial charge in [-0.15, -0.1) is 10.2 Å². The summed E-state index contributed by atoms with van der Waals surface area (Å²) in [4.78, 5) is 17.0. The Morgan fingerprint density at radius 2 is 1.70 bits per heavy atom. The van der Waals surface area contributed by atoms with Crippen molar-refractivity contribution in [3.8, 4) is 11.4 Å². The maximum absolute atomic E-state index is 12.7. The third-order valence-corrected chi connectivity index (χ3v) is 6.47. The van der Waals surface area contributed by atoms with Crippen LogP contribution in [0.4, 0.5) is 5.69 Å². The molecule has 1 fully saturated rings. The minimum Gasteiger partial charge on any atom is -0.368 e. The van der Waals surface area contributed by atoms with Crippen molar-refractivity contribution in [2.45, 2.75) is 19.0 Å². The SMILES string of the molecule is Cc1ccc(-c2nnc(SCC(=O)N3CCN(c4cccc(C)c4)CC3)n2C)cc1. The second-order valence-electron chi connectivity index (χ2n) is 7.73. The van der Waals surface area contributed by atoms with Crippen molar-refractivity contribution in [3.05, 3.63) is 59.7 Å². The van der Waals surface area contributed by atoms with Crippen LogP contribution < -0.4 is 4.90 Å². The fourth-order valence-corrected chi connectivity index (χ4v) is 4.46. The van der Waals surface area contributed by atoms with Gasteiger partial charge in [-0.05, 0) is 31.5 Å². The fourth-order valence-electron chi connectivity index (χ4n) is 3.65. The van der Waals surface area contributed by atoms with Gasteiger partial charge in [0.2, 0.25) is 5.91 Å². The number of piperazine rings is 1. The Morgan fingerprint density at radius 3 is 2.40 bits per heavy atom. The van der Waals surface area contributed by atoms with Crippen LogP contribution in [0.1, 0.15) is 11.1 Å². The summed E-state index contributed by atoms with van der Waals surface area (Å²) in [5, 5.41) is 9.37. The summed E-state index contributed by atoms with van der Waals surface area (Å²) in [5.41, 5.74) is 4.74. The van der Waals surface area contributed by atoms with Crippen molar-refractivity contribution in [2.75, 3.05) is 36.8 Å². The lowest BCUT2D eigenvalue weighted by atomic mass is 10.1. The van der Waals surface area contributed by atoms with Crippen molar-refractivity contribution in [3.63, 3.8) is 0 Å². The first-order valence-electron chi connectivity index (χ1n) is 10.2. The molecule has 30 heavy (non-hydrogen) atoms. The van der Waals surface area contributed by atoms with E-state index in [9.17, 15) is 4.79 Å². The lowest BCUT2D eigenvalue weighted by Gasteiger charge is -2.36. The molecule has 1 aliphatic heterocycles. The zero-order valence-electron chi connectivity index (χ0n) is 17.7.